The van der Waals surface area contributed by atoms with Gasteiger partial charge in [0.05, 0.1) is 12.8 Å². The van der Waals surface area contributed by atoms with Crippen LogP contribution < -0.4 is 10.1 Å². The first-order chi connectivity index (χ1) is 12.6. The van der Waals surface area contributed by atoms with E-state index in [0.717, 1.165) is 22.8 Å². The summed E-state index contributed by atoms with van der Waals surface area (Å²) in [4.78, 5) is 16.7. The van der Waals surface area contributed by atoms with Crippen LogP contribution >= 0.6 is 11.6 Å². The normalized spacial score (nSPS) is 10.6. The maximum absolute atomic E-state index is 12.1. The highest BCUT2D eigenvalue weighted by molar-refractivity contribution is 6.30. The lowest BCUT2D eigenvalue weighted by molar-refractivity contribution is 0.0954. The van der Waals surface area contributed by atoms with Gasteiger partial charge in [0.25, 0.3) is 5.91 Å². The van der Waals surface area contributed by atoms with Crippen LogP contribution in [0.5, 0.6) is 5.75 Å². The maximum Gasteiger partial charge on any atom is 0.251 e. The minimum absolute atomic E-state index is 0.163. The third-order valence-corrected chi connectivity index (χ3v) is 4.20. The zero-order valence-corrected chi connectivity index (χ0v) is 15.3. The molecule has 0 aliphatic rings. The third-order valence-electron chi connectivity index (χ3n) is 3.96. The number of aromatic nitrogens is 1. The molecule has 0 bridgehead atoms. The summed E-state index contributed by atoms with van der Waals surface area (Å²) in [6, 6.07) is 14.4. The lowest BCUT2D eigenvalue weighted by atomic mass is 10.2. The van der Waals surface area contributed by atoms with Crippen molar-refractivity contribution in [3.8, 4) is 17.2 Å². The molecule has 26 heavy (non-hydrogen) atoms. The highest BCUT2D eigenvalue weighted by Gasteiger charge is 2.12. The van der Waals surface area contributed by atoms with E-state index in [1.54, 1.807) is 31.4 Å². The van der Waals surface area contributed by atoms with Crippen molar-refractivity contribution in [2.75, 3.05) is 13.7 Å². The number of aryl methyl sites for hydroxylation is 1. The number of carbonyl (C=O) groups is 1. The fraction of sp³-hybridized carbons (Fsp3) is 0.200. The molecule has 0 radical (unpaired) electrons. The van der Waals surface area contributed by atoms with E-state index < -0.39 is 0 Å². The largest absolute Gasteiger partial charge is 0.497 e. The second kappa shape index (κ2) is 8.06. The fourth-order valence-corrected chi connectivity index (χ4v) is 2.73. The predicted molar refractivity (Wildman–Crippen MR) is 101 cm³/mol. The van der Waals surface area contributed by atoms with Crippen molar-refractivity contribution in [3.05, 3.63) is 70.6 Å². The highest BCUT2D eigenvalue weighted by atomic mass is 35.5. The van der Waals surface area contributed by atoms with Crippen molar-refractivity contribution in [2.24, 2.45) is 0 Å². The number of amides is 1. The molecule has 1 aromatic heterocycles. The standard InChI is InChI=1S/C20H19ClN2O3/c1-13-18(10-11-22-19(24)15-4-3-5-16(21)12-15)23-20(26-13)14-6-8-17(25-2)9-7-14/h3-9,12H,10-11H2,1-2H3,(H,22,24). The number of hydrogen-bond acceptors (Lipinski definition) is 4. The van der Waals surface area contributed by atoms with E-state index >= 15 is 0 Å². The summed E-state index contributed by atoms with van der Waals surface area (Å²) >= 11 is 5.91. The molecule has 1 heterocycles. The lowest BCUT2D eigenvalue weighted by Gasteiger charge is -2.04. The molecule has 0 unspecified atom stereocenters. The Morgan fingerprint density at radius 2 is 2.00 bits per heavy atom. The Kier molecular flexibility index (Phi) is 5.58. The molecule has 0 aliphatic carbocycles. The summed E-state index contributed by atoms with van der Waals surface area (Å²) in [5.41, 5.74) is 2.23. The zero-order valence-electron chi connectivity index (χ0n) is 14.6. The van der Waals surface area contributed by atoms with Crippen LogP contribution in [-0.2, 0) is 6.42 Å². The Morgan fingerprint density at radius 3 is 2.69 bits per heavy atom. The smallest absolute Gasteiger partial charge is 0.251 e. The number of nitrogens with zero attached hydrogens (tertiary/aromatic N) is 1. The molecular weight excluding hydrogens is 352 g/mol. The van der Waals surface area contributed by atoms with Crippen molar-refractivity contribution in [1.29, 1.82) is 0 Å². The first kappa shape index (κ1) is 18.0. The number of methoxy groups -OCH3 is 1. The van der Waals surface area contributed by atoms with Gasteiger partial charge in [-0.25, -0.2) is 4.98 Å². The summed E-state index contributed by atoms with van der Waals surface area (Å²) in [6.45, 7) is 2.33. The van der Waals surface area contributed by atoms with E-state index in [9.17, 15) is 4.79 Å². The number of oxazole rings is 1. The Balaban J connectivity index is 1.61. The highest BCUT2D eigenvalue weighted by Crippen LogP contribution is 2.24. The monoisotopic (exact) mass is 370 g/mol. The Hall–Kier alpha value is -2.79. The first-order valence-corrected chi connectivity index (χ1v) is 8.59. The molecule has 0 spiro atoms. The number of hydrogen-bond donors (Lipinski definition) is 1. The van der Waals surface area contributed by atoms with Crippen molar-refractivity contribution in [2.45, 2.75) is 13.3 Å². The average Bonchev–Trinajstić information content (AvgIpc) is 3.02. The summed E-state index contributed by atoms with van der Waals surface area (Å²) in [5.74, 6) is 1.92. The molecule has 1 amide bonds. The second-order valence-electron chi connectivity index (χ2n) is 5.77. The number of rotatable bonds is 6. The Bertz CT molecular complexity index is 904. The summed E-state index contributed by atoms with van der Waals surface area (Å²) in [6.07, 6.45) is 0.581. The quantitative estimate of drug-likeness (QED) is 0.703. The number of benzene rings is 2. The van der Waals surface area contributed by atoms with Gasteiger partial charge in [-0.3, -0.25) is 4.79 Å². The fourth-order valence-electron chi connectivity index (χ4n) is 2.54. The average molecular weight is 371 g/mol. The number of ether oxygens (including phenoxy) is 1. The van der Waals surface area contributed by atoms with Gasteiger partial charge in [0.1, 0.15) is 11.5 Å². The van der Waals surface area contributed by atoms with Gasteiger partial charge in [-0.05, 0) is 49.4 Å². The zero-order chi connectivity index (χ0) is 18.5. The van der Waals surface area contributed by atoms with Crippen LogP contribution in [0, 0.1) is 6.92 Å². The number of carbonyl (C=O) groups excluding carboxylic acids is 1. The van der Waals surface area contributed by atoms with E-state index in [-0.39, 0.29) is 5.91 Å². The van der Waals surface area contributed by atoms with Gasteiger partial charge < -0.3 is 14.5 Å². The van der Waals surface area contributed by atoms with Crippen molar-refractivity contribution < 1.29 is 13.9 Å². The predicted octanol–water partition coefficient (Wildman–Crippen LogP) is 4.28. The second-order valence-corrected chi connectivity index (χ2v) is 6.20. The maximum atomic E-state index is 12.1. The van der Waals surface area contributed by atoms with Crippen LogP contribution in [0.4, 0.5) is 0 Å². The van der Waals surface area contributed by atoms with Gasteiger partial charge in [0.15, 0.2) is 0 Å². The third kappa shape index (κ3) is 4.24. The van der Waals surface area contributed by atoms with E-state index in [4.69, 9.17) is 20.8 Å². The van der Waals surface area contributed by atoms with Crippen LogP contribution in [0.25, 0.3) is 11.5 Å². The molecule has 0 atom stereocenters. The molecule has 0 saturated carbocycles. The van der Waals surface area contributed by atoms with E-state index in [1.807, 2.05) is 31.2 Å². The van der Waals surface area contributed by atoms with Crippen LogP contribution in [0.15, 0.2) is 52.9 Å². The lowest BCUT2D eigenvalue weighted by Crippen LogP contribution is -2.25. The summed E-state index contributed by atoms with van der Waals surface area (Å²) < 4.78 is 10.9. The molecule has 1 N–H and O–H groups in total. The Morgan fingerprint density at radius 1 is 1.23 bits per heavy atom. The first-order valence-electron chi connectivity index (χ1n) is 8.21. The van der Waals surface area contributed by atoms with Gasteiger partial charge in [0, 0.05) is 29.1 Å². The van der Waals surface area contributed by atoms with Crippen LogP contribution in [0.2, 0.25) is 5.02 Å². The van der Waals surface area contributed by atoms with Crippen molar-refractivity contribution in [1.82, 2.24) is 10.3 Å². The summed E-state index contributed by atoms with van der Waals surface area (Å²) in [5, 5.41) is 3.41. The van der Waals surface area contributed by atoms with Gasteiger partial charge in [-0.1, -0.05) is 17.7 Å². The van der Waals surface area contributed by atoms with Gasteiger partial charge in [-0.2, -0.15) is 0 Å². The molecule has 0 aliphatic heterocycles. The summed E-state index contributed by atoms with van der Waals surface area (Å²) in [7, 11) is 1.63. The number of halogens is 1. The van der Waals surface area contributed by atoms with Crippen LogP contribution in [0.3, 0.4) is 0 Å². The molecule has 2 aromatic carbocycles. The van der Waals surface area contributed by atoms with Gasteiger partial charge in [0.2, 0.25) is 5.89 Å². The molecule has 3 aromatic rings. The molecular formula is C20H19ClN2O3. The number of nitrogens with one attached hydrogen (secondary N) is 1. The SMILES string of the molecule is COc1ccc(-c2nc(CCNC(=O)c3cccc(Cl)c3)c(C)o2)cc1. The Labute approximate surface area is 157 Å². The minimum atomic E-state index is -0.163. The van der Waals surface area contributed by atoms with E-state index in [0.29, 0.717) is 29.4 Å². The van der Waals surface area contributed by atoms with Crippen molar-refractivity contribution >= 4 is 17.5 Å². The van der Waals surface area contributed by atoms with E-state index in [2.05, 4.69) is 10.3 Å². The molecule has 134 valence electrons. The molecule has 0 fully saturated rings. The van der Waals surface area contributed by atoms with Crippen LogP contribution in [-0.4, -0.2) is 24.5 Å². The van der Waals surface area contributed by atoms with E-state index in [1.165, 1.54) is 0 Å². The minimum Gasteiger partial charge on any atom is -0.497 e. The molecule has 0 saturated heterocycles. The van der Waals surface area contributed by atoms with Gasteiger partial charge in [-0.15, -0.1) is 0 Å². The topological polar surface area (TPSA) is 64.4 Å². The van der Waals surface area contributed by atoms with Crippen LogP contribution in [0.1, 0.15) is 21.8 Å². The molecule has 5 nitrogen and oxygen atoms in total. The van der Waals surface area contributed by atoms with Gasteiger partial charge >= 0.3 is 0 Å². The molecule has 3 rings (SSSR count). The molecule has 6 heteroatoms. The van der Waals surface area contributed by atoms with Crippen molar-refractivity contribution in [3.63, 3.8) is 0 Å².